The Morgan fingerprint density at radius 1 is 1.53 bits per heavy atom. The molecule has 1 aliphatic carbocycles. The highest BCUT2D eigenvalue weighted by molar-refractivity contribution is 9.10. The number of hydrogen-bond donors (Lipinski definition) is 1. The maximum Gasteiger partial charge on any atom is 0.254 e. The van der Waals surface area contributed by atoms with E-state index < -0.39 is 11.7 Å². The molecule has 0 unspecified atom stereocenters. The normalized spacial score (nSPS) is 17.4. The molecule has 1 N–H and O–H groups in total. The third-order valence-electron chi connectivity index (χ3n) is 3.12. The van der Waals surface area contributed by atoms with Crippen molar-refractivity contribution in [2.24, 2.45) is 0 Å². The average molecular weight is 321 g/mol. The molecule has 0 atom stereocenters. The molecule has 2 rings (SSSR count). The smallest absolute Gasteiger partial charge is 0.254 e. The van der Waals surface area contributed by atoms with Crippen LogP contribution >= 0.6 is 27.5 Å². The van der Waals surface area contributed by atoms with Crippen LogP contribution in [0.25, 0.3) is 0 Å². The van der Waals surface area contributed by atoms with Crippen molar-refractivity contribution in [2.45, 2.75) is 24.8 Å². The highest BCUT2D eigenvalue weighted by atomic mass is 79.9. The predicted octanol–water partition coefficient (Wildman–Crippen LogP) is 3.48. The zero-order valence-corrected chi connectivity index (χ0v) is 11.4. The van der Waals surface area contributed by atoms with Gasteiger partial charge in [-0.15, -0.1) is 11.6 Å². The summed E-state index contributed by atoms with van der Waals surface area (Å²) < 4.78 is 14.2. The van der Waals surface area contributed by atoms with Gasteiger partial charge in [0.05, 0.1) is 11.1 Å². The van der Waals surface area contributed by atoms with E-state index in [0.29, 0.717) is 10.4 Å². The highest BCUT2D eigenvalue weighted by Crippen LogP contribution is 2.33. The van der Waals surface area contributed by atoms with E-state index in [1.807, 2.05) is 0 Å². The molecule has 17 heavy (non-hydrogen) atoms. The second-order valence-electron chi connectivity index (χ2n) is 4.35. The molecule has 5 heteroatoms. The molecular formula is C12H12BrClFNO. The first kappa shape index (κ1) is 12.8. The van der Waals surface area contributed by atoms with Gasteiger partial charge in [0, 0.05) is 10.4 Å². The second-order valence-corrected chi connectivity index (χ2v) is 5.53. The summed E-state index contributed by atoms with van der Waals surface area (Å²) in [6.45, 7) is 0. The Morgan fingerprint density at radius 3 is 2.76 bits per heavy atom. The van der Waals surface area contributed by atoms with Crippen LogP contribution in [0.1, 0.15) is 29.6 Å². The molecular weight excluding hydrogens is 308 g/mol. The van der Waals surface area contributed by atoms with Crippen LogP contribution in [0.5, 0.6) is 0 Å². The Labute approximate surface area is 113 Å². The number of benzene rings is 1. The largest absolute Gasteiger partial charge is 0.345 e. The van der Waals surface area contributed by atoms with E-state index in [1.54, 1.807) is 6.07 Å². The van der Waals surface area contributed by atoms with E-state index in [4.69, 9.17) is 11.6 Å². The van der Waals surface area contributed by atoms with Gasteiger partial charge in [0.2, 0.25) is 0 Å². The Kier molecular flexibility index (Phi) is 3.73. The standard InChI is InChI=1S/C12H12BrClFNO/c13-8-2-3-10(15)9(6-8)11(17)16-12(7-14)4-1-5-12/h2-3,6H,1,4-5,7H2,(H,16,17). The molecule has 0 radical (unpaired) electrons. The number of alkyl halides is 1. The lowest BCUT2D eigenvalue weighted by Crippen LogP contribution is -2.55. The van der Waals surface area contributed by atoms with Crippen LogP contribution < -0.4 is 5.32 Å². The van der Waals surface area contributed by atoms with Gasteiger partial charge in [-0.3, -0.25) is 4.79 Å². The molecule has 1 aromatic carbocycles. The maximum atomic E-state index is 13.5. The molecule has 1 aliphatic rings. The van der Waals surface area contributed by atoms with Crippen molar-refractivity contribution in [3.8, 4) is 0 Å². The van der Waals surface area contributed by atoms with Gasteiger partial charge in [0.25, 0.3) is 5.91 Å². The van der Waals surface area contributed by atoms with Gasteiger partial charge in [-0.2, -0.15) is 0 Å². The number of carbonyl (C=O) groups excluding carboxylic acids is 1. The summed E-state index contributed by atoms with van der Waals surface area (Å²) in [6, 6.07) is 4.31. The lowest BCUT2D eigenvalue weighted by Gasteiger charge is -2.41. The van der Waals surface area contributed by atoms with Crippen molar-refractivity contribution in [1.29, 1.82) is 0 Å². The number of amides is 1. The quantitative estimate of drug-likeness (QED) is 0.849. The Morgan fingerprint density at radius 2 is 2.24 bits per heavy atom. The van der Waals surface area contributed by atoms with Crippen molar-refractivity contribution < 1.29 is 9.18 Å². The summed E-state index contributed by atoms with van der Waals surface area (Å²) in [5, 5.41) is 2.83. The van der Waals surface area contributed by atoms with Crippen molar-refractivity contribution in [3.63, 3.8) is 0 Å². The maximum absolute atomic E-state index is 13.5. The fourth-order valence-corrected chi connectivity index (χ4v) is 2.57. The number of hydrogen-bond acceptors (Lipinski definition) is 1. The molecule has 1 fully saturated rings. The van der Waals surface area contributed by atoms with E-state index in [-0.39, 0.29) is 11.1 Å². The first-order valence-electron chi connectivity index (χ1n) is 5.40. The van der Waals surface area contributed by atoms with Gasteiger partial charge in [0.1, 0.15) is 5.82 Å². The van der Waals surface area contributed by atoms with Crippen LogP contribution in [0, 0.1) is 5.82 Å². The Hall–Kier alpha value is -0.610. The lowest BCUT2D eigenvalue weighted by atomic mass is 9.78. The van der Waals surface area contributed by atoms with Gasteiger partial charge in [-0.25, -0.2) is 4.39 Å². The van der Waals surface area contributed by atoms with Gasteiger partial charge < -0.3 is 5.32 Å². The number of rotatable bonds is 3. The summed E-state index contributed by atoms with van der Waals surface area (Å²) in [6.07, 6.45) is 2.77. The van der Waals surface area contributed by atoms with E-state index in [9.17, 15) is 9.18 Å². The molecule has 0 aliphatic heterocycles. The first-order valence-corrected chi connectivity index (χ1v) is 6.73. The Bertz CT molecular complexity index is 443. The molecule has 1 saturated carbocycles. The molecule has 0 bridgehead atoms. The van der Waals surface area contributed by atoms with Crippen molar-refractivity contribution in [3.05, 3.63) is 34.1 Å². The van der Waals surface area contributed by atoms with Crippen LogP contribution in [-0.4, -0.2) is 17.3 Å². The van der Waals surface area contributed by atoms with Gasteiger partial charge in [0.15, 0.2) is 0 Å². The minimum Gasteiger partial charge on any atom is -0.345 e. The summed E-state index contributed by atoms with van der Waals surface area (Å²) in [7, 11) is 0. The van der Waals surface area contributed by atoms with Crippen LogP contribution in [-0.2, 0) is 0 Å². The summed E-state index contributed by atoms with van der Waals surface area (Å²) in [5.74, 6) is -0.548. The third kappa shape index (κ3) is 2.63. The molecule has 2 nitrogen and oxygen atoms in total. The van der Waals surface area contributed by atoms with Crippen molar-refractivity contribution in [2.75, 3.05) is 5.88 Å². The topological polar surface area (TPSA) is 29.1 Å². The van der Waals surface area contributed by atoms with Crippen LogP contribution in [0.15, 0.2) is 22.7 Å². The van der Waals surface area contributed by atoms with Gasteiger partial charge >= 0.3 is 0 Å². The zero-order chi connectivity index (χ0) is 12.5. The van der Waals surface area contributed by atoms with Crippen LogP contribution in [0.2, 0.25) is 0 Å². The average Bonchev–Trinajstić information content (AvgIpc) is 2.26. The fourth-order valence-electron chi connectivity index (χ4n) is 1.88. The minimum absolute atomic E-state index is 0.0516. The first-order chi connectivity index (χ1) is 8.06. The minimum atomic E-state index is -0.519. The Balaban J connectivity index is 2.17. The number of carbonyl (C=O) groups is 1. The van der Waals surface area contributed by atoms with Crippen molar-refractivity contribution >= 4 is 33.4 Å². The molecule has 1 aromatic rings. The molecule has 92 valence electrons. The fraction of sp³-hybridized carbons (Fsp3) is 0.417. The summed E-state index contributed by atoms with van der Waals surface area (Å²) in [4.78, 5) is 12.0. The summed E-state index contributed by atoms with van der Waals surface area (Å²) in [5.41, 5.74) is -0.288. The molecule has 0 saturated heterocycles. The highest BCUT2D eigenvalue weighted by Gasteiger charge is 2.38. The van der Waals surface area contributed by atoms with E-state index in [2.05, 4.69) is 21.2 Å². The molecule has 0 spiro atoms. The number of halogens is 3. The molecule has 1 amide bonds. The second kappa shape index (κ2) is 4.94. The van der Waals surface area contributed by atoms with Gasteiger partial charge in [-0.05, 0) is 37.5 Å². The molecule has 0 aromatic heterocycles. The van der Waals surface area contributed by atoms with Gasteiger partial charge in [-0.1, -0.05) is 15.9 Å². The van der Waals surface area contributed by atoms with E-state index >= 15 is 0 Å². The SMILES string of the molecule is O=C(NC1(CCl)CCC1)c1cc(Br)ccc1F. The van der Waals surface area contributed by atoms with E-state index in [0.717, 1.165) is 19.3 Å². The zero-order valence-electron chi connectivity index (χ0n) is 9.10. The lowest BCUT2D eigenvalue weighted by molar-refractivity contribution is 0.0849. The third-order valence-corrected chi connectivity index (χ3v) is 4.12. The van der Waals surface area contributed by atoms with Crippen LogP contribution in [0.3, 0.4) is 0 Å². The van der Waals surface area contributed by atoms with Crippen LogP contribution in [0.4, 0.5) is 4.39 Å². The monoisotopic (exact) mass is 319 g/mol. The predicted molar refractivity (Wildman–Crippen MR) is 68.9 cm³/mol. The number of nitrogens with one attached hydrogen (secondary N) is 1. The van der Waals surface area contributed by atoms with Crippen molar-refractivity contribution in [1.82, 2.24) is 5.32 Å². The van der Waals surface area contributed by atoms with E-state index in [1.165, 1.54) is 12.1 Å². The molecule has 0 heterocycles. The summed E-state index contributed by atoms with van der Waals surface area (Å²) >= 11 is 9.06.